The molecule has 2 fully saturated rings. The third kappa shape index (κ3) is 3.95. The van der Waals surface area contributed by atoms with Crippen molar-refractivity contribution in [1.82, 2.24) is 4.90 Å². The lowest BCUT2D eigenvalue weighted by atomic mass is 10.1. The van der Waals surface area contributed by atoms with Crippen LogP contribution < -0.4 is 0 Å². The molecule has 2 aliphatic rings. The minimum absolute atomic E-state index is 0.0209. The molecule has 1 aliphatic carbocycles. The summed E-state index contributed by atoms with van der Waals surface area (Å²) < 4.78 is 4.99. The summed E-state index contributed by atoms with van der Waals surface area (Å²) in [4.78, 5) is 27.5. The third-order valence-corrected chi connectivity index (χ3v) is 7.03. The number of aryl methyl sites for hydroxylation is 1. The average Bonchev–Trinajstić information content (AvgIpc) is 3.44. The van der Waals surface area contributed by atoms with Gasteiger partial charge in [-0.3, -0.25) is 4.79 Å². The van der Waals surface area contributed by atoms with Crippen LogP contribution in [-0.2, 0) is 20.7 Å². The van der Waals surface area contributed by atoms with Crippen LogP contribution in [0.2, 0.25) is 0 Å². The van der Waals surface area contributed by atoms with Gasteiger partial charge < -0.3 is 9.64 Å². The first-order chi connectivity index (χ1) is 13.7. The summed E-state index contributed by atoms with van der Waals surface area (Å²) in [5.41, 5.74) is 2.47. The number of hydrogen-bond donors (Lipinski definition) is 0. The zero-order valence-electron chi connectivity index (χ0n) is 16.0. The smallest absolute Gasteiger partial charge is 0.329 e. The molecule has 1 heterocycles. The second-order valence-electron chi connectivity index (χ2n) is 7.46. The number of carbonyl (C=O) groups excluding carboxylic acids is 2. The van der Waals surface area contributed by atoms with Crippen molar-refractivity contribution in [3.8, 4) is 0 Å². The highest BCUT2D eigenvalue weighted by molar-refractivity contribution is 8.00. The van der Waals surface area contributed by atoms with Gasteiger partial charge in [0.1, 0.15) is 6.04 Å². The van der Waals surface area contributed by atoms with E-state index in [1.54, 1.807) is 11.8 Å². The molecule has 1 amide bonds. The predicted octanol–water partition coefficient (Wildman–Crippen LogP) is 3.87. The summed E-state index contributed by atoms with van der Waals surface area (Å²) in [5.74, 6) is 0.660. The maximum absolute atomic E-state index is 13.3. The van der Waals surface area contributed by atoms with E-state index < -0.39 is 6.04 Å². The van der Waals surface area contributed by atoms with Crippen LogP contribution in [0, 0.1) is 5.92 Å². The molecule has 146 valence electrons. The summed E-state index contributed by atoms with van der Waals surface area (Å²) in [7, 11) is 1.40. The van der Waals surface area contributed by atoms with Crippen molar-refractivity contribution in [2.24, 2.45) is 5.92 Å². The Morgan fingerprint density at radius 3 is 2.43 bits per heavy atom. The van der Waals surface area contributed by atoms with Crippen molar-refractivity contribution in [3.63, 3.8) is 0 Å². The first-order valence-corrected chi connectivity index (χ1v) is 10.8. The monoisotopic (exact) mass is 395 g/mol. The Balaban J connectivity index is 1.48. The number of carbonyl (C=O) groups is 2. The highest BCUT2D eigenvalue weighted by atomic mass is 32.2. The lowest BCUT2D eigenvalue weighted by Crippen LogP contribution is -2.47. The number of benzene rings is 2. The van der Waals surface area contributed by atoms with Crippen LogP contribution in [0.4, 0.5) is 0 Å². The van der Waals surface area contributed by atoms with E-state index in [0.717, 1.165) is 19.3 Å². The van der Waals surface area contributed by atoms with Crippen LogP contribution in [0.15, 0.2) is 60.7 Å². The Hall–Kier alpha value is -2.27. The van der Waals surface area contributed by atoms with E-state index in [2.05, 4.69) is 24.3 Å². The summed E-state index contributed by atoms with van der Waals surface area (Å²) >= 11 is 1.70. The Morgan fingerprint density at radius 2 is 1.75 bits per heavy atom. The summed E-state index contributed by atoms with van der Waals surface area (Å²) in [6.07, 6.45) is 2.60. The normalized spacial score (nSPS) is 26.1. The van der Waals surface area contributed by atoms with E-state index in [0.29, 0.717) is 5.75 Å². The molecule has 0 radical (unpaired) electrons. The number of thioether (sulfide) groups is 1. The molecule has 28 heavy (non-hydrogen) atoms. The third-order valence-electron chi connectivity index (χ3n) is 5.68. The molecular formula is C23H25NO3S. The molecular weight excluding hydrogens is 370 g/mol. The Bertz CT molecular complexity index is 826. The molecule has 0 aromatic heterocycles. The Morgan fingerprint density at radius 1 is 1.07 bits per heavy atom. The zero-order chi connectivity index (χ0) is 19.5. The van der Waals surface area contributed by atoms with E-state index >= 15 is 0 Å². The van der Waals surface area contributed by atoms with Crippen molar-refractivity contribution in [2.75, 3.05) is 12.9 Å². The molecule has 5 heteroatoms. The molecule has 0 bridgehead atoms. The first kappa shape index (κ1) is 19.1. The average molecular weight is 396 g/mol. The molecule has 0 N–H and O–H groups in total. The summed E-state index contributed by atoms with van der Waals surface area (Å²) in [5, 5.41) is 0.0221. The van der Waals surface area contributed by atoms with Gasteiger partial charge in [-0.1, -0.05) is 60.7 Å². The van der Waals surface area contributed by atoms with Gasteiger partial charge in [0.2, 0.25) is 5.91 Å². The van der Waals surface area contributed by atoms with Crippen LogP contribution in [-0.4, -0.2) is 41.1 Å². The van der Waals surface area contributed by atoms with Crippen LogP contribution in [0.5, 0.6) is 0 Å². The first-order valence-electron chi connectivity index (χ1n) is 9.79. The highest BCUT2D eigenvalue weighted by Gasteiger charge is 2.51. The van der Waals surface area contributed by atoms with Gasteiger partial charge in [-0.2, -0.15) is 0 Å². The van der Waals surface area contributed by atoms with Gasteiger partial charge in [-0.05, 0) is 36.3 Å². The maximum Gasteiger partial charge on any atom is 0.329 e. The van der Waals surface area contributed by atoms with Crippen molar-refractivity contribution < 1.29 is 14.3 Å². The largest absolute Gasteiger partial charge is 0.467 e. The molecule has 4 atom stereocenters. The van der Waals surface area contributed by atoms with Gasteiger partial charge in [0, 0.05) is 11.7 Å². The van der Waals surface area contributed by atoms with Crippen molar-refractivity contribution in [3.05, 3.63) is 71.8 Å². The number of esters is 1. The maximum atomic E-state index is 13.3. The molecule has 4 nitrogen and oxygen atoms in total. The van der Waals surface area contributed by atoms with Crippen LogP contribution in [0.1, 0.15) is 29.9 Å². The van der Waals surface area contributed by atoms with E-state index in [9.17, 15) is 9.59 Å². The minimum atomic E-state index is -0.472. The van der Waals surface area contributed by atoms with Gasteiger partial charge >= 0.3 is 5.97 Å². The second-order valence-corrected chi connectivity index (χ2v) is 8.67. The van der Waals surface area contributed by atoms with Gasteiger partial charge in [0.05, 0.1) is 12.5 Å². The number of hydrogen-bond acceptors (Lipinski definition) is 4. The quantitative estimate of drug-likeness (QED) is 0.697. The molecule has 4 unspecified atom stereocenters. The number of ether oxygens (including phenoxy) is 1. The summed E-state index contributed by atoms with van der Waals surface area (Å²) in [6.45, 7) is 0. The van der Waals surface area contributed by atoms with E-state index in [-0.39, 0.29) is 29.1 Å². The fraction of sp³-hybridized carbons (Fsp3) is 0.391. The Kier molecular flexibility index (Phi) is 5.72. The zero-order valence-corrected chi connectivity index (χ0v) is 16.8. The number of rotatable bonds is 6. The lowest BCUT2D eigenvalue weighted by molar-refractivity contribution is -0.152. The van der Waals surface area contributed by atoms with Gasteiger partial charge in [0.25, 0.3) is 0 Å². The molecule has 0 spiro atoms. The summed E-state index contributed by atoms with van der Waals surface area (Å²) in [6, 6.07) is 20.0. The lowest BCUT2D eigenvalue weighted by Gasteiger charge is -2.28. The van der Waals surface area contributed by atoms with Crippen LogP contribution >= 0.6 is 11.8 Å². The molecule has 2 aromatic carbocycles. The molecule has 1 saturated heterocycles. The van der Waals surface area contributed by atoms with Crippen LogP contribution in [0.3, 0.4) is 0 Å². The standard InChI is InChI=1S/C23H25NO3S/c1-27-23(26)20-15-28-21(13-12-16-8-4-2-5-9-16)24(20)22(25)19-14-18(19)17-10-6-3-7-11-17/h2-11,18-21H,12-15H2,1H3. The van der Waals surface area contributed by atoms with E-state index in [1.165, 1.54) is 18.2 Å². The fourth-order valence-electron chi connectivity index (χ4n) is 4.06. The molecule has 4 rings (SSSR count). The fourth-order valence-corrected chi connectivity index (χ4v) is 5.46. The van der Waals surface area contributed by atoms with Crippen LogP contribution in [0.25, 0.3) is 0 Å². The molecule has 1 aliphatic heterocycles. The van der Waals surface area contributed by atoms with Gasteiger partial charge in [-0.15, -0.1) is 11.8 Å². The Labute approximate surface area is 170 Å². The predicted molar refractivity (Wildman–Crippen MR) is 111 cm³/mol. The minimum Gasteiger partial charge on any atom is -0.467 e. The second kappa shape index (κ2) is 8.39. The van der Waals surface area contributed by atoms with Crippen molar-refractivity contribution in [1.29, 1.82) is 0 Å². The number of nitrogens with zero attached hydrogens (tertiary/aromatic N) is 1. The van der Waals surface area contributed by atoms with E-state index in [4.69, 9.17) is 4.74 Å². The van der Waals surface area contributed by atoms with E-state index in [1.807, 2.05) is 41.3 Å². The molecule has 1 saturated carbocycles. The topological polar surface area (TPSA) is 46.6 Å². The SMILES string of the molecule is COC(=O)C1CSC(CCc2ccccc2)N1C(=O)C1CC1c1ccccc1. The van der Waals surface area contributed by atoms with Gasteiger partial charge in [0.15, 0.2) is 0 Å². The highest BCUT2D eigenvalue weighted by Crippen LogP contribution is 2.50. The van der Waals surface area contributed by atoms with Gasteiger partial charge in [-0.25, -0.2) is 4.79 Å². The van der Waals surface area contributed by atoms with Crippen molar-refractivity contribution >= 4 is 23.6 Å². The van der Waals surface area contributed by atoms with Crippen molar-refractivity contribution in [2.45, 2.75) is 36.6 Å². The molecule has 2 aromatic rings. The number of methoxy groups -OCH3 is 1. The number of amides is 1.